The molecule has 0 fully saturated rings. The van der Waals surface area contributed by atoms with Gasteiger partial charge in [0.05, 0.1) is 5.69 Å². The number of benzene rings is 1. The number of hydrogen-bond donors (Lipinski definition) is 2. The summed E-state index contributed by atoms with van der Waals surface area (Å²) in [7, 11) is 0. The molecule has 0 radical (unpaired) electrons. The summed E-state index contributed by atoms with van der Waals surface area (Å²) < 4.78 is 0. The normalized spacial score (nSPS) is 10.7. The highest BCUT2D eigenvalue weighted by Crippen LogP contribution is 2.18. The molecule has 0 saturated carbocycles. The quantitative estimate of drug-likeness (QED) is 0.252. The molecule has 5 heteroatoms. The molecule has 0 spiro atoms. The standard InChI is InChI=1S/C9H10N4S/c1-14-8-4-2-7(3-5-8)13-9(11)12-6-10/h2-5H,1H3,(H3,11,12,13). The van der Waals surface area contributed by atoms with Gasteiger partial charge in [-0.05, 0) is 30.5 Å². The van der Waals surface area contributed by atoms with Crippen LogP contribution in [0.25, 0.3) is 0 Å². The Morgan fingerprint density at radius 1 is 1.50 bits per heavy atom. The van der Waals surface area contributed by atoms with Gasteiger partial charge >= 0.3 is 0 Å². The van der Waals surface area contributed by atoms with Gasteiger partial charge in [-0.1, -0.05) is 0 Å². The highest BCUT2D eigenvalue weighted by molar-refractivity contribution is 7.98. The summed E-state index contributed by atoms with van der Waals surface area (Å²) in [6.07, 6.45) is 3.70. The van der Waals surface area contributed by atoms with Crippen molar-refractivity contribution in [1.82, 2.24) is 5.32 Å². The van der Waals surface area contributed by atoms with Crippen LogP contribution >= 0.6 is 11.8 Å². The van der Waals surface area contributed by atoms with Crippen molar-refractivity contribution in [2.24, 2.45) is 10.7 Å². The molecule has 3 N–H and O–H groups in total. The van der Waals surface area contributed by atoms with Crippen LogP contribution in [0.15, 0.2) is 34.2 Å². The number of nitrogens with one attached hydrogen (secondary N) is 1. The molecule has 72 valence electrons. The first-order valence-electron chi connectivity index (χ1n) is 3.89. The van der Waals surface area contributed by atoms with Crippen molar-refractivity contribution in [2.75, 3.05) is 6.26 Å². The first-order chi connectivity index (χ1) is 6.76. The first-order valence-corrected chi connectivity index (χ1v) is 5.12. The highest BCUT2D eigenvalue weighted by atomic mass is 32.2. The van der Waals surface area contributed by atoms with Crippen LogP contribution in [0, 0.1) is 11.5 Å². The lowest BCUT2D eigenvalue weighted by Crippen LogP contribution is -2.26. The Bertz CT molecular complexity index is 363. The van der Waals surface area contributed by atoms with Gasteiger partial charge in [-0.3, -0.25) is 5.32 Å². The largest absolute Gasteiger partial charge is 0.369 e. The zero-order chi connectivity index (χ0) is 10.4. The Labute approximate surface area is 86.8 Å². The van der Waals surface area contributed by atoms with E-state index in [4.69, 9.17) is 11.0 Å². The van der Waals surface area contributed by atoms with Crippen molar-refractivity contribution in [2.45, 2.75) is 4.90 Å². The van der Waals surface area contributed by atoms with Crippen molar-refractivity contribution in [3.05, 3.63) is 24.3 Å². The molecule has 0 aliphatic heterocycles. The van der Waals surface area contributed by atoms with Crippen LogP contribution in [0.5, 0.6) is 0 Å². The molecule has 0 heterocycles. The molecule has 0 aliphatic rings. The average Bonchev–Trinajstić information content (AvgIpc) is 2.19. The smallest absolute Gasteiger partial charge is 0.207 e. The minimum Gasteiger partial charge on any atom is -0.369 e. The number of rotatable bonds is 2. The van der Waals surface area contributed by atoms with E-state index in [1.807, 2.05) is 30.5 Å². The third kappa shape index (κ3) is 2.99. The van der Waals surface area contributed by atoms with Crippen molar-refractivity contribution in [1.29, 1.82) is 5.26 Å². The summed E-state index contributed by atoms with van der Waals surface area (Å²) >= 11 is 1.66. The van der Waals surface area contributed by atoms with Crippen LogP contribution in [-0.2, 0) is 0 Å². The number of aliphatic imine (C=N–C) groups is 1. The zero-order valence-corrected chi connectivity index (χ0v) is 8.51. The molecule has 4 nitrogen and oxygen atoms in total. The number of nitrogens with zero attached hydrogens (tertiary/aromatic N) is 2. The molecule has 1 rings (SSSR count). The van der Waals surface area contributed by atoms with Crippen LogP contribution in [0.3, 0.4) is 0 Å². The van der Waals surface area contributed by atoms with E-state index < -0.39 is 0 Å². The molecule has 0 aromatic heterocycles. The van der Waals surface area contributed by atoms with Gasteiger partial charge < -0.3 is 5.73 Å². The molecule has 0 unspecified atom stereocenters. The third-order valence-corrected chi connectivity index (χ3v) is 2.25. The van der Waals surface area contributed by atoms with E-state index in [0.717, 1.165) is 10.6 Å². The Morgan fingerprint density at radius 3 is 2.64 bits per heavy atom. The van der Waals surface area contributed by atoms with Gasteiger partial charge in [0.25, 0.3) is 0 Å². The number of nitriles is 1. The number of guanidine groups is 1. The van der Waals surface area contributed by atoms with E-state index in [2.05, 4.69) is 10.3 Å². The van der Waals surface area contributed by atoms with E-state index in [1.165, 1.54) is 0 Å². The van der Waals surface area contributed by atoms with Gasteiger partial charge in [0.15, 0.2) is 6.19 Å². The molecule has 0 saturated heterocycles. The number of hydrogen-bond acceptors (Lipinski definition) is 3. The van der Waals surface area contributed by atoms with Crippen LogP contribution in [0.1, 0.15) is 0 Å². The summed E-state index contributed by atoms with van der Waals surface area (Å²) in [5, 5.41) is 10.5. The molecule has 0 bridgehead atoms. The van der Waals surface area contributed by atoms with Gasteiger partial charge in [0, 0.05) is 4.90 Å². The summed E-state index contributed by atoms with van der Waals surface area (Å²) in [4.78, 5) is 5.14. The van der Waals surface area contributed by atoms with Gasteiger partial charge in [0.1, 0.15) is 0 Å². The predicted octanol–water partition coefficient (Wildman–Crippen LogP) is 1.43. The highest BCUT2D eigenvalue weighted by Gasteiger charge is 1.93. The lowest BCUT2D eigenvalue weighted by atomic mass is 10.3. The maximum absolute atomic E-state index is 8.27. The monoisotopic (exact) mass is 206 g/mol. The number of nitrogens with two attached hydrogens (primary N) is 1. The topological polar surface area (TPSA) is 74.2 Å². The first kappa shape index (κ1) is 10.4. The van der Waals surface area contributed by atoms with E-state index in [0.29, 0.717) is 0 Å². The molecular formula is C9H10N4S. The van der Waals surface area contributed by atoms with Crippen molar-refractivity contribution >= 4 is 23.4 Å². The molecule has 0 atom stereocenters. The summed E-state index contributed by atoms with van der Waals surface area (Å²) in [5.41, 5.74) is 6.12. The van der Waals surface area contributed by atoms with Crippen molar-refractivity contribution < 1.29 is 0 Å². The fraction of sp³-hybridized carbons (Fsp3) is 0.111. The summed E-state index contributed by atoms with van der Waals surface area (Å²) in [6, 6.07) is 7.59. The Balaban J connectivity index is 2.78. The van der Waals surface area contributed by atoms with Gasteiger partial charge in [0.2, 0.25) is 5.96 Å². The van der Waals surface area contributed by atoms with Crippen molar-refractivity contribution in [3.8, 4) is 6.19 Å². The minimum atomic E-state index is 0.101. The molecule has 14 heavy (non-hydrogen) atoms. The van der Waals surface area contributed by atoms with Gasteiger partial charge in [-0.15, -0.1) is 11.8 Å². The van der Waals surface area contributed by atoms with Crippen molar-refractivity contribution in [3.63, 3.8) is 0 Å². The average molecular weight is 206 g/mol. The SMILES string of the molecule is CSc1ccc(N=C(N)NC#N)cc1. The van der Waals surface area contributed by atoms with E-state index in [-0.39, 0.29) is 5.96 Å². The Hall–Kier alpha value is -1.67. The second-order valence-electron chi connectivity index (χ2n) is 2.43. The second kappa shape index (κ2) is 5.14. The minimum absolute atomic E-state index is 0.101. The lowest BCUT2D eigenvalue weighted by Gasteiger charge is -1.98. The third-order valence-electron chi connectivity index (χ3n) is 1.51. The van der Waals surface area contributed by atoms with Crippen LogP contribution < -0.4 is 11.1 Å². The zero-order valence-electron chi connectivity index (χ0n) is 7.69. The number of thioether (sulfide) groups is 1. The molecule has 1 aromatic carbocycles. The Morgan fingerprint density at radius 2 is 2.14 bits per heavy atom. The second-order valence-corrected chi connectivity index (χ2v) is 3.31. The van der Waals surface area contributed by atoms with Crippen LogP contribution in [0.4, 0.5) is 5.69 Å². The van der Waals surface area contributed by atoms with Gasteiger partial charge in [-0.2, -0.15) is 5.26 Å². The van der Waals surface area contributed by atoms with E-state index >= 15 is 0 Å². The molecule has 0 amide bonds. The van der Waals surface area contributed by atoms with E-state index in [9.17, 15) is 0 Å². The summed E-state index contributed by atoms with van der Waals surface area (Å²) in [6.45, 7) is 0. The maximum Gasteiger partial charge on any atom is 0.207 e. The van der Waals surface area contributed by atoms with Crippen LogP contribution in [0.2, 0.25) is 0 Å². The van der Waals surface area contributed by atoms with Crippen LogP contribution in [-0.4, -0.2) is 12.2 Å². The lowest BCUT2D eigenvalue weighted by molar-refractivity contribution is 1.21. The molecule has 0 aliphatic carbocycles. The molecule has 1 aromatic rings. The maximum atomic E-state index is 8.27. The Kier molecular flexibility index (Phi) is 3.83. The van der Waals surface area contributed by atoms with E-state index in [1.54, 1.807) is 18.0 Å². The fourth-order valence-corrected chi connectivity index (χ4v) is 1.29. The molecular weight excluding hydrogens is 196 g/mol. The summed E-state index contributed by atoms with van der Waals surface area (Å²) in [5.74, 6) is 0.101. The van der Waals surface area contributed by atoms with Gasteiger partial charge in [-0.25, -0.2) is 4.99 Å². The predicted molar refractivity (Wildman–Crippen MR) is 58.3 cm³/mol. The fourth-order valence-electron chi connectivity index (χ4n) is 0.881.